The van der Waals surface area contributed by atoms with Crippen molar-refractivity contribution in [2.45, 2.75) is 19.4 Å². The number of carbonyl (C=O) groups is 1. The summed E-state index contributed by atoms with van der Waals surface area (Å²) in [5, 5.41) is 12.6. The van der Waals surface area contributed by atoms with Crippen LogP contribution in [0.15, 0.2) is 66.7 Å². The second-order valence-electron chi connectivity index (χ2n) is 6.00. The minimum absolute atomic E-state index is 0.0197. The second kappa shape index (κ2) is 7.74. The minimum Gasteiger partial charge on any atom is -0.457 e. The summed E-state index contributed by atoms with van der Waals surface area (Å²) in [4.78, 5) is 16.7. The summed E-state index contributed by atoms with van der Waals surface area (Å²) < 4.78 is 6.88. The Hall–Kier alpha value is -3.61. The Labute approximate surface area is 155 Å². The Kier molecular flexibility index (Phi) is 4.82. The van der Waals surface area contributed by atoms with Crippen LogP contribution >= 0.6 is 0 Å². The maximum atomic E-state index is 12.1. The van der Waals surface area contributed by atoms with E-state index in [0.717, 1.165) is 22.3 Å². The molecule has 2 heterocycles. The predicted molar refractivity (Wildman–Crippen MR) is 99.0 cm³/mol. The lowest BCUT2D eigenvalue weighted by atomic mass is 10.1. The van der Waals surface area contributed by atoms with Gasteiger partial charge in [0.1, 0.15) is 0 Å². The minimum atomic E-state index is -0.312. The van der Waals surface area contributed by atoms with Crippen molar-refractivity contribution in [1.29, 1.82) is 0 Å². The molecule has 0 saturated heterocycles. The van der Waals surface area contributed by atoms with Crippen molar-refractivity contribution in [3.05, 3.63) is 78.2 Å². The summed E-state index contributed by atoms with van der Waals surface area (Å²) in [5.41, 5.74) is 2.60. The van der Waals surface area contributed by atoms with Crippen LogP contribution in [0.2, 0.25) is 0 Å². The first kappa shape index (κ1) is 16.8. The number of nitrogens with zero attached hydrogens (tertiary/aromatic N) is 5. The molecule has 27 heavy (non-hydrogen) atoms. The smallest absolute Gasteiger partial charge is 0.306 e. The number of hydrogen-bond acceptors (Lipinski definition) is 6. The predicted octanol–water partition coefficient (Wildman–Crippen LogP) is 2.89. The van der Waals surface area contributed by atoms with E-state index in [2.05, 4.69) is 20.5 Å². The van der Waals surface area contributed by atoms with Crippen LogP contribution in [0.25, 0.3) is 16.6 Å². The van der Waals surface area contributed by atoms with Crippen LogP contribution in [0.5, 0.6) is 0 Å². The van der Waals surface area contributed by atoms with Gasteiger partial charge < -0.3 is 4.74 Å². The van der Waals surface area contributed by atoms with Crippen LogP contribution < -0.4 is 0 Å². The molecule has 7 nitrogen and oxygen atoms in total. The molecule has 2 aromatic carbocycles. The van der Waals surface area contributed by atoms with Gasteiger partial charge >= 0.3 is 5.97 Å². The molecular weight excluding hydrogens is 342 g/mol. The van der Waals surface area contributed by atoms with Crippen molar-refractivity contribution in [1.82, 2.24) is 25.2 Å². The largest absolute Gasteiger partial charge is 0.457 e. The van der Waals surface area contributed by atoms with Crippen molar-refractivity contribution in [3.8, 4) is 5.69 Å². The van der Waals surface area contributed by atoms with Gasteiger partial charge in [0.05, 0.1) is 17.6 Å². The van der Waals surface area contributed by atoms with Gasteiger partial charge in [0.2, 0.25) is 0 Å². The highest BCUT2D eigenvalue weighted by Gasteiger charge is 2.11. The third kappa shape index (κ3) is 3.98. The van der Waals surface area contributed by atoms with Gasteiger partial charge in [-0.1, -0.05) is 42.5 Å². The van der Waals surface area contributed by atoms with Crippen LogP contribution in [0.1, 0.15) is 17.9 Å². The fourth-order valence-electron chi connectivity index (χ4n) is 2.76. The molecule has 134 valence electrons. The van der Waals surface area contributed by atoms with E-state index in [-0.39, 0.29) is 19.0 Å². The maximum absolute atomic E-state index is 12.1. The van der Waals surface area contributed by atoms with E-state index in [1.54, 1.807) is 4.68 Å². The number of ether oxygens (including phenoxy) is 1. The van der Waals surface area contributed by atoms with Gasteiger partial charge in [0.15, 0.2) is 12.4 Å². The molecule has 0 aliphatic heterocycles. The summed E-state index contributed by atoms with van der Waals surface area (Å²) in [7, 11) is 0. The first-order valence-corrected chi connectivity index (χ1v) is 8.62. The number of aryl methyl sites for hydroxylation is 1. The molecule has 0 atom stereocenters. The molecule has 0 unspecified atom stereocenters. The monoisotopic (exact) mass is 359 g/mol. The van der Waals surface area contributed by atoms with Gasteiger partial charge in [-0.2, -0.15) is 4.68 Å². The van der Waals surface area contributed by atoms with E-state index in [9.17, 15) is 4.79 Å². The highest BCUT2D eigenvalue weighted by atomic mass is 16.5. The standard InChI is InChI=1S/C20H17N5O2/c26-20(13-12-16-11-10-15-6-4-5-9-18(15)21-16)27-14-19-22-23-24-25(19)17-7-2-1-3-8-17/h1-11H,12-14H2. The van der Waals surface area contributed by atoms with Gasteiger partial charge in [-0.15, -0.1) is 5.10 Å². The molecule has 0 spiro atoms. The number of rotatable bonds is 6. The van der Waals surface area contributed by atoms with Crippen LogP contribution in [0.4, 0.5) is 0 Å². The SMILES string of the molecule is O=C(CCc1ccc2ccccc2n1)OCc1nnnn1-c1ccccc1. The number of tetrazole rings is 1. The number of hydrogen-bond donors (Lipinski definition) is 0. The van der Waals surface area contributed by atoms with Gasteiger partial charge in [-0.05, 0) is 34.7 Å². The van der Waals surface area contributed by atoms with E-state index in [1.807, 2.05) is 66.7 Å². The van der Waals surface area contributed by atoms with Crippen LogP contribution in [0.3, 0.4) is 0 Å². The van der Waals surface area contributed by atoms with Crippen molar-refractivity contribution >= 4 is 16.9 Å². The Morgan fingerprint density at radius 1 is 0.963 bits per heavy atom. The first-order chi connectivity index (χ1) is 13.3. The molecule has 0 aliphatic carbocycles. The number of esters is 1. The van der Waals surface area contributed by atoms with Crippen molar-refractivity contribution in [2.75, 3.05) is 0 Å². The van der Waals surface area contributed by atoms with Gasteiger partial charge in [-0.25, -0.2) is 0 Å². The molecule has 0 fully saturated rings. The molecule has 0 aliphatic rings. The fourth-order valence-corrected chi connectivity index (χ4v) is 2.76. The topological polar surface area (TPSA) is 82.8 Å². The summed E-state index contributed by atoms with van der Waals surface area (Å²) in [5.74, 6) is 0.158. The average molecular weight is 359 g/mol. The van der Waals surface area contributed by atoms with Crippen LogP contribution in [-0.4, -0.2) is 31.2 Å². The molecule has 0 N–H and O–H groups in total. The molecule has 0 bridgehead atoms. The number of benzene rings is 2. The number of pyridine rings is 1. The lowest BCUT2D eigenvalue weighted by molar-refractivity contribution is -0.145. The zero-order chi connectivity index (χ0) is 18.5. The molecular formula is C20H17N5O2. The summed E-state index contributed by atoms with van der Waals surface area (Å²) in [6.45, 7) is 0.0197. The van der Waals surface area contributed by atoms with Crippen molar-refractivity contribution in [2.24, 2.45) is 0 Å². The number of aromatic nitrogens is 5. The zero-order valence-corrected chi connectivity index (χ0v) is 14.5. The maximum Gasteiger partial charge on any atom is 0.306 e. The lowest BCUT2D eigenvalue weighted by Crippen LogP contribution is -2.10. The average Bonchev–Trinajstić information content (AvgIpc) is 3.20. The summed E-state index contributed by atoms with van der Waals surface area (Å²) in [6.07, 6.45) is 0.769. The van der Waals surface area contributed by atoms with Crippen molar-refractivity contribution in [3.63, 3.8) is 0 Å². The number of carbonyl (C=O) groups excluding carboxylic acids is 1. The molecule has 0 amide bonds. The Morgan fingerprint density at radius 3 is 2.67 bits per heavy atom. The summed E-state index contributed by atoms with van der Waals surface area (Å²) >= 11 is 0. The molecule has 0 saturated carbocycles. The van der Waals surface area contributed by atoms with Gasteiger partial charge in [0.25, 0.3) is 0 Å². The van der Waals surface area contributed by atoms with E-state index < -0.39 is 0 Å². The summed E-state index contributed by atoms with van der Waals surface area (Å²) in [6, 6.07) is 21.3. The molecule has 2 aromatic heterocycles. The van der Waals surface area contributed by atoms with E-state index in [1.165, 1.54) is 0 Å². The Balaban J connectivity index is 1.34. The normalized spacial score (nSPS) is 10.8. The highest BCUT2D eigenvalue weighted by Crippen LogP contribution is 2.13. The van der Waals surface area contributed by atoms with Crippen molar-refractivity contribution < 1.29 is 9.53 Å². The fraction of sp³-hybridized carbons (Fsp3) is 0.150. The third-order valence-electron chi connectivity index (χ3n) is 4.14. The zero-order valence-electron chi connectivity index (χ0n) is 14.5. The molecule has 4 rings (SSSR count). The second-order valence-corrected chi connectivity index (χ2v) is 6.00. The van der Waals surface area contributed by atoms with E-state index in [0.29, 0.717) is 12.2 Å². The quantitative estimate of drug-likeness (QED) is 0.492. The Morgan fingerprint density at radius 2 is 1.78 bits per heavy atom. The Bertz CT molecular complexity index is 1060. The molecule has 7 heteroatoms. The van der Waals surface area contributed by atoms with Gasteiger partial charge in [0, 0.05) is 17.5 Å². The lowest BCUT2D eigenvalue weighted by Gasteiger charge is -2.06. The van der Waals surface area contributed by atoms with Crippen LogP contribution in [0, 0.1) is 0 Å². The third-order valence-corrected chi connectivity index (χ3v) is 4.14. The highest BCUT2D eigenvalue weighted by molar-refractivity contribution is 5.78. The van der Waals surface area contributed by atoms with E-state index in [4.69, 9.17) is 4.74 Å². The van der Waals surface area contributed by atoms with Gasteiger partial charge in [-0.3, -0.25) is 9.78 Å². The first-order valence-electron chi connectivity index (χ1n) is 8.62. The van der Waals surface area contributed by atoms with E-state index >= 15 is 0 Å². The van der Waals surface area contributed by atoms with Crippen LogP contribution in [-0.2, 0) is 22.6 Å². The number of para-hydroxylation sites is 2. The molecule has 0 radical (unpaired) electrons. The number of fused-ring (bicyclic) bond motifs is 1. The molecule has 4 aromatic rings.